The predicted octanol–water partition coefficient (Wildman–Crippen LogP) is 2.23. The zero-order valence-corrected chi connectivity index (χ0v) is 16.2. The number of hydrogen-bond acceptors (Lipinski definition) is 6. The molecule has 0 radical (unpaired) electrons. The maximum absolute atomic E-state index is 12.5. The normalized spacial score (nSPS) is 16.4. The zero-order chi connectivity index (χ0) is 18.2. The molecule has 136 valence electrons. The molecule has 0 bridgehead atoms. The SMILES string of the molecule is Cc1noc(C)c1S(=O)(=O)NC1CCN(C(=O)c2ccc(Br)o2)CC1. The lowest BCUT2D eigenvalue weighted by Crippen LogP contribution is -2.46. The van der Waals surface area contributed by atoms with Gasteiger partial charge in [-0.15, -0.1) is 0 Å². The van der Waals surface area contributed by atoms with Gasteiger partial charge in [0.1, 0.15) is 10.6 Å². The third kappa shape index (κ3) is 3.80. The second kappa shape index (κ2) is 6.93. The summed E-state index contributed by atoms with van der Waals surface area (Å²) < 4.78 is 38.5. The van der Waals surface area contributed by atoms with Crippen molar-refractivity contribution in [3.05, 3.63) is 34.0 Å². The second-order valence-corrected chi connectivity index (χ2v) is 8.38. The summed E-state index contributed by atoms with van der Waals surface area (Å²) in [5, 5.41) is 3.69. The number of sulfonamides is 1. The van der Waals surface area contributed by atoms with E-state index in [9.17, 15) is 13.2 Å². The molecule has 3 heterocycles. The van der Waals surface area contributed by atoms with E-state index in [2.05, 4.69) is 25.8 Å². The van der Waals surface area contributed by atoms with Crippen LogP contribution < -0.4 is 4.72 Å². The molecule has 0 atom stereocenters. The lowest BCUT2D eigenvalue weighted by Gasteiger charge is -2.31. The number of carbonyl (C=O) groups excluding carboxylic acids is 1. The maximum atomic E-state index is 12.5. The molecule has 8 nitrogen and oxygen atoms in total. The van der Waals surface area contributed by atoms with Gasteiger partial charge in [-0.05, 0) is 54.8 Å². The molecule has 0 aromatic carbocycles. The summed E-state index contributed by atoms with van der Waals surface area (Å²) in [7, 11) is -3.70. The minimum absolute atomic E-state index is 0.0893. The number of likely N-dealkylation sites (tertiary alicyclic amines) is 1. The minimum Gasteiger partial charge on any atom is -0.444 e. The summed E-state index contributed by atoms with van der Waals surface area (Å²) >= 11 is 3.17. The average molecular weight is 432 g/mol. The molecular formula is C15H18BrN3O5S. The minimum atomic E-state index is -3.70. The smallest absolute Gasteiger partial charge is 0.289 e. The molecule has 1 saturated heterocycles. The van der Waals surface area contributed by atoms with Crippen molar-refractivity contribution in [3.63, 3.8) is 0 Å². The molecular weight excluding hydrogens is 414 g/mol. The topological polar surface area (TPSA) is 106 Å². The van der Waals surface area contributed by atoms with E-state index in [0.29, 0.717) is 36.3 Å². The molecule has 1 amide bonds. The number of hydrogen-bond donors (Lipinski definition) is 1. The number of amides is 1. The number of carbonyl (C=O) groups is 1. The Balaban J connectivity index is 1.62. The molecule has 2 aromatic heterocycles. The monoisotopic (exact) mass is 431 g/mol. The molecule has 0 saturated carbocycles. The van der Waals surface area contributed by atoms with Crippen LogP contribution in [0, 0.1) is 13.8 Å². The van der Waals surface area contributed by atoms with Crippen molar-refractivity contribution in [3.8, 4) is 0 Å². The Labute approximate surface area is 153 Å². The quantitative estimate of drug-likeness (QED) is 0.795. The highest BCUT2D eigenvalue weighted by Gasteiger charge is 2.31. The van der Waals surface area contributed by atoms with E-state index < -0.39 is 10.0 Å². The fourth-order valence-electron chi connectivity index (χ4n) is 2.92. The van der Waals surface area contributed by atoms with Gasteiger partial charge < -0.3 is 13.8 Å². The third-order valence-corrected chi connectivity index (χ3v) is 6.31. The van der Waals surface area contributed by atoms with Crippen LogP contribution in [-0.2, 0) is 10.0 Å². The lowest BCUT2D eigenvalue weighted by atomic mass is 10.1. The van der Waals surface area contributed by atoms with Crippen molar-refractivity contribution >= 4 is 31.9 Å². The number of aromatic nitrogens is 1. The van der Waals surface area contributed by atoms with Crippen molar-refractivity contribution in [2.24, 2.45) is 0 Å². The molecule has 0 spiro atoms. The standard InChI is InChI=1S/C15H18BrN3O5S/c1-9-14(10(2)24-17-9)25(21,22)18-11-5-7-19(8-6-11)15(20)12-3-4-13(16)23-12/h3-4,11,18H,5-8H2,1-2H3. The molecule has 2 aromatic rings. The van der Waals surface area contributed by atoms with Gasteiger partial charge in [0.05, 0.1) is 0 Å². The first-order valence-corrected chi connectivity index (χ1v) is 10.1. The Kier molecular flexibility index (Phi) is 5.03. The fourth-order valence-corrected chi connectivity index (χ4v) is 4.86. The number of rotatable bonds is 4. The van der Waals surface area contributed by atoms with Gasteiger partial charge in [0.2, 0.25) is 10.0 Å². The van der Waals surface area contributed by atoms with Crippen LogP contribution in [0.4, 0.5) is 0 Å². The first-order chi connectivity index (χ1) is 11.8. The lowest BCUT2D eigenvalue weighted by molar-refractivity contribution is 0.0677. The van der Waals surface area contributed by atoms with Gasteiger partial charge in [0.25, 0.3) is 5.91 Å². The van der Waals surface area contributed by atoms with Crippen LogP contribution in [0.25, 0.3) is 0 Å². The molecule has 1 fully saturated rings. The van der Waals surface area contributed by atoms with Crippen LogP contribution in [0.3, 0.4) is 0 Å². The summed E-state index contributed by atoms with van der Waals surface area (Å²) in [6, 6.07) is 3.03. The van der Waals surface area contributed by atoms with Gasteiger partial charge in [-0.25, -0.2) is 13.1 Å². The van der Waals surface area contributed by atoms with Gasteiger partial charge in [-0.3, -0.25) is 4.79 Å². The molecule has 0 aliphatic carbocycles. The van der Waals surface area contributed by atoms with Crippen molar-refractivity contribution in [1.82, 2.24) is 14.8 Å². The average Bonchev–Trinajstić information content (AvgIpc) is 3.13. The molecule has 0 unspecified atom stereocenters. The van der Waals surface area contributed by atoms with Crippen LogP contribution >= 0.6 is 15.9 Å². The number of nitrogens with zero attached hydrogens (tertiary/aromatic N) is 2. The summed E-state index contributed by atoms with van der Waals surface area (Å²) in [4.78, 5) is 14.1. The highest BCUT2D eigenvalue weighted by atomic mass is 79.9. The molecule has 3 rings (SSSR count). The van der Waals surface area contributed by atoms with E-state index in [4.69, 9.17) is 8.94 Å². The number of halogens is 1. The Morgan fingerprint density at radius 2 is 2.00 bits per heavy atom. The van der Waals surface area contributed by atoms with E-state index in [1.54, 1.807) is 30.9 Å². The zero-order valence-electron chi connectivity index (χ0n) is 13.8. The van der Waals surface area contributed by atoms with Gasteiger partial charge in [-0.2, -0.15) is 0 Å². The van der Waals surface area contributed by atoms with E-state index in [1.165, 1.54) is 0 Å². The summed E-state index contributed by atoms with van der Waals surface area (Å²) in [6.45, 7) is 4.06. The highest BCUT2D eigenvalue weighted by molar-refractivity contribution is 9.10. The Bertz CT molecular complexity index is 861. The van der Waals surface area contributed by atoms with E-state index in [-0.39, 0.29) is 28.4 Å². The van der Waals surface area contributed by atoms with Crippen LogP contribution in [0.5, 0.6) is 0 Å². The summed E-state index contributed by atoms with van der Waals surface area (Å²) in [5.74, 6) is 0.334. The van der Waals surface area contributed by atoms with Crippen molar-refractivity contribution in [2.45, 2.75) is 37.6 Å². The number of nitrogens with one attached hydrogen (secondary N) is 1. The largest absolute Gasteiger partial charge is 0.444 e. The summed E-state index contributed by atoms with van der Waals surface area (Å²) in [5.41, 5.74) is 0.334. The number of aryl methyl sites for hydroxylation is 2. The van der Waals surface area contributed by atoms with Crippen molar-refractivity contribution in [1.29, 1.82) is 0 Å². The molecule has 10 heteroatoms. The molecule has 1 aliphatic heterocycles. The van der Waals surface area contributed by atoms with Gasteiger partial charge >= 0.3 is 0 Å². The van der Waals surface area contributed by atoms with Crippen LogP contribution in [0.1, 0.15) is 34.9 Å². The van der Waals surface area contributed by atoms with E-state index in [0.717, 1.165) is 0 Å². The van der Waals surface area contributed by atoms with Gasteiger partial charge in [0, 0.05) is 19.1 Å². The molecule has 1 aliphatic rings. The first-order valence-electron chi connectivity index (χ1n) is 7.78. The number of furan rings is 1. The molecule has 25 heavy (non-hydrogen) atoms. The van der Waals surface area contributed by atoms with E-state index in [1.807, 2.05) is 0 Å². The van der Waals surface area contributed by atoms with Crippen LogP contribution in [-0.4, -0.2) is 43.5 Å². The molecule has 1 N–H and O–H groups in total. The van der Waals surface area contributed by atoms with Crippen LogP contribution in [0.15, 0.2) is 30.6 Å². The van der Waals surface area contributed by atoms with E-state index >= 15 is 0 Å². The fraction of sp³-hybridized carbons (Fsp3) is 0.467. The first kappa shape index (κ1) is 18.2. The number of piperidine rings is 1. The van der Waals surface area contributed by atoms with Crippen LogP contribution in [0.2, 0.25) is 0 Å². The Hall–Kier alpha value is -1.65. The summed E-state index contributed by atoms with van der Waals surface area (Å²) in [6.07, 6.45) is 1.05. The van der Waals surface area contributed by atoms with Crippen molar-refractivity contribution < 1.29 is 22.2 Å². The Morgan fingerprint density at radius 3 is 2.52 bits per heavy atom. The second-order valence-electron chi connectivity index (χ2n) is 5.94. The third-order valence-electron chi connectivity index (χ3n) is 4.12. The Morgan fingerprint density at radius 1 is 1.32 bits per heavy atom. The van der Waals surface area contributed by atoms with Crippen molar-refractivity contribution in [2.75, 3.05) is 13.1 Å². The maximum Gasteiger partial charge on any atom is 0.289 e. The van der Waals surface area contributed by atoms with Gasteiger partial charge in [-0.1, -0.05) is 5.16 Å². The van der Waals surface area contributed by atoms with Gasteiger partial charge in [0.15, 0.2) is 16.2 Å². The highest BCUT2D eigenvalue weighted by Crippen LogP contribution is 2.22. The predicted molar refractivity (Wildman–Crippen MR) is 91.6 cm³/mol.